The van der Waals surface area contributed by atoms with Crippen LogP contribution in [0.4, 0.5) is 0 Å². The van der Waals surface area contributed by atoms with Crippen molar-refractivity contribution in [3.8, 4) is 11.1 Å². The number of imide groups is 1. The van der Waals surface area contributed by atoms with E-state index in [0.29, 0.717) is 12.1 Å². The Hall–Kier alpha value is -2.20. The molecular formula is C19H14BrNO2. The lowest BCUT2D eigenvalue weighted by Crippen LogP contribution is -2.52. The van der Waals surface area contributed by atoms with E-state index in [1.807, 2.05) is 48.5 Å². The summed E-state index contributed by atoms with van der Waals surface area (Å²) in [5, 5.41) is 0.779. The Labute approximate surface area is 142 Å². The maximum absolute atomic E-state index is 12.5. The number of amides is 2. The molecule has 0 saturated carbocycles. The minimum atomic E-state index is -0.155. The predicted molar refractivity (Wildman–Crippen MR) is 93.0 cm³/mol. The molecule has 1 saturated heterocycles. The first-order chi connectivity index (χ1) is 11.2. The molecule has 0 bridgehead atoms. The number of hydrogen-bond donors (Lipinski definition) is 0. The summed E-state index contributed by atoms with van der Waals surface area (Å²) < 4.78 is 0. The second-order valence-electron chi connectivity index (χ2n) is 5.65. The second-order valence-corrected chi connectivity index (χ2v) is 6.44. The third-order valence-corrected chi connectivity index (χ3v) is 4.93. The summed E-state index contributed by atoms with van der Waals surface area (Å²) in [6, 6.07) is 15.9. The van der Waals surface area contributed by atoms with Crippen molar-refractivity contribution in [3.63, 3.8) is 0 Å². The lowest BCUT2D eigenvalue weighted by Gasteiger charge is -2.32. The van der Waals surface area contributed by atoms with E-state index in [9.17, 15) is 9.59 Å². The fourth-order valence-electron chi connectivity index (χ4n) is 3.32. The third-order valence-electron chi connectivity index (χ3n) is 4.37. The first-order valence-electron chi connectivity index (χ1n) is 7.59. The van der Waals surface area contributed by atoms with Crippen LogP contribution >= 0.6 is 15.9 Å². The number of hydrogen-bond acceptors (Lipinski definition) is 2. The summed E-state index contributed by atoms with van der Waals surface area (Å²) in [7, 11) is 0. The minimum Gasteiger partial charge on any atom is -0.274 e. The van der Waals surface area contributed by atoms with Crippen LogP contribution in [0.3, 0.4) is 0 Å². The van der Waals surface area contributed by atoms with Crippen molar-refractivity contribution in [2.75, 3.05) is 11.9 Å². The fraction of sp³-hybridized carbons (Fsp3) is 0.158. The molecule has 23 heavy (non-hydrogen) atoms. The van der Waals surface area contributed by atoms with E-state index in [1.54, 1.807) is 0 Å². The van der Waals surface area contributed by atoms with E-state index >= 15 is 0 Å². The molecule has 0 spiro atoms. The van der Waals surface area contributed by atoms with Gasteiger partial charge in [-0.1, -0.05) is 64.5 Å². The monoisotopic (exact) mass is 367 g/mol. The summed E-state index contributed by atoms with van der Waals surface area (Å²) >= 11 is 3.33. The molecular weight excluding hydrogens is 354 g/mol. The van der Waals surface area contributed by atoms with Crippen LogP contribution in [0.2, 0.25) is 0 Å². The summed E-state index contributed by atoms with van der Waals surface area (Å²) in [4.78, 5) is 26.4. The quantitative estimate of drug-likeness (QED) is 0.307. The molecule has 0 aromatic heterocycles. The molecule has 1 aliphatic carbocycles. The zero-order valence-corrected chi connectivity index (χ0v) is 14.0. The first kappa shape index (κ1) is 14.4. The van der Waals surface area contributed by atoms with Gasteiger partial charge in [0.05, 0.1) is 0 Å². The second kappa shape index (κ2) is 5.46. The molecule has 1 heterocycles. The van der Waals surface area contributed by atoms with E-state index in [2.05, 4.69) is 15.9 Å². The lowest BCUT2D eigenvalue weighted by molar-refractivity contribution is -0.149. The Balaban J connectivity index is 1.87. The zero-order chi connectivity index (χ0) is 16.0. The number of alkyl halides is 1. The summed E-state index contributed by atoms with van der Waals surface area (Å²) in [5.41, 5.74) is 5.25. The molecule has 4 rings (SSSR count). The molecule has 0 atom stereocenters. The highest BCUT2D eigenvalue weighted by Gasteiger charge is 2.44. The van der Waals surface area contributed by atoms with Gasteiger partial charge in [0, 0.05) is 17.4 Å². The predicted octanol–water partition coefficient (Wildman–Crippen LogP) is 3.62. The van der Waals surface area contributed by atoms with Gasteiger partial charge in [0.25, 0.3) is 11.8 Å². The van der Waals surface area contributed by atoms with Crippen molar-refractivity contribution in [1.82, 2.24) is 4.90 Å². The number of fused-ring (bicyclic) bond motifs is 3. The fourth-order valence-corrected chi connectivity index (χ4v) is 3.57. The average Bonchev–Trinajstić information content (AvgIpc) is 2.91. The topological polar surface area (TPSA) is 37.4 Å². The molecule has 0 N–H and O–H groups in total. The Morgan fingerprint density at radius 3 is 1.70 bits per heavy atom. The molecule has 2 aromatic rings. The van der Waals surface area contributed by atoms with Crippen molar-refractivity contribution in [2.45, 2.75) is 6.42 Å². The van der Waals surface area contributed by atoms with Gasteiger partial charge in [-0.15, -0.1) is 0 Å². The van der Waals surface area contributed by atoms with E-state index in [-0.39, 0.29) is 11.8 Å². The van der Waals surface area contributed by atoms with Gasteiger partial charge < -0.3 is 0 Å². The highest BCUT2D eigenvalue weighted by atomic mass is 79.9. The smallest absolute Gasteiger partial charge is 0.267 e. The van der Waals surface area contributed by atoms with E-state index in [1.165, 1.54) is 4.90 Å². The molecule has 3 nitrogen and oxygen atoms in total. The van der Waals surface area contributed by atoms with Crippen LogP contribution in [0, 0.1) is 0 Å². The number of benzene rings is 2. The zero-order valence-electron chi connectivity index (χ0n) is 12.4. The van der Waals surface area contributed by atoms with E-state index in [0.717, 1.165) is 39.6 Å². The number of carbonyl (C=O) groups excluding carboxylic acids is 2. The number of nitrogens with zero attached hydrogens (tertiary/aromatic N) is 1. The van der Waals surface area contributed by atoms with Crippen molar-refractivity contribution in [1.29, 1.82) is 0 Å². The van der Waals surface area contributed by atoms with Gasteiger partial charge in [-0.3, -0.25) is 14.5 Å². The summed E-state index contributed by atoms with van der Waals surface area (Å²) in [6.07, 6.45) is 0.771. The number of rotatable bonds is 3. The molecule has 0 radical (unpaired) electrons. The average molecular weight is 368 g/mol. The summed E-state index contributed by atoms with van der Waals surface area (Å²) in [6.45, 7) is 0.475. The van der Waals surface area contributed by atoms with Gasteiger partial charge in [0.1, 0.15) is 5.57 Å². The van der Waals surface area contributed by atoms with E-state index < -0.39 is 0 Å². The molecule has 1 aliphatic heterocycles. The van der Waals surface area contributed by atoms with Gasteiger partial charge in [-0.05, 0) is 28.7 Å². The molecule has 2 aliphatic rings. The van der Waals surface area contributed by atoms with Crippen LogP contribution in [0.5, 0.6) is 0 Å². The Kier molecular flexibility index (Phi) is 3.42. The van der Waals surface area contributed by atoms with Crippen LogP contribution in [0.1, 0.15) is 17.5 Å². The number of carbonyl (C=O) groups is 2. The highest BCUT2D eigenvalue weighted by molar-refractivity contribution is 9.09. The first-order valence-corrected chi connectivity index (χ1v) is 8.72. The number of halogens is 1. The van der Waals surface area contributed by atoms with Crippen molar-refractivity contribution < 1.29 is 9.59 Å². The maximum atomic E-state index is 12.5. The number of β-lactam (4-membered cyclic amide) rings is 2. The lowest BCUT2D eigenvalue weighted by atomic mass is 9.91. The maximum Gasteiger partial charge on any atom is 0.267 e. The third kappa shape index (κ3) is 2.01. The standard InChI is InChI=1S/C19H14BrNO2/c20-10-5-11-21-18(22)17(19(21)23)16-14-8-3-1-6-12(14)13-7-2-4-9-15(13)16/h1-4,6-9H,5,10-11H2. The Morgan fingerprint density at radius 2 is 1.22 bits per heavy atom. The van der Waals surface area contributed by atoms with Crippen LogP contribution < -0.4 is 0 Å². The normalized spacial score (nSPS) is 15.6. The van der Waals surface area contributed by atoms with Crippen molar-refractivity contribution in [2.24, 2.45) is 0 Å². The molecule has 114 valence electrons. The number of likely N-dealkylation sites (tertiary alicyclic amines) is 1. The molecule has 0 unspecified atom stereocenters. The van der Waals surface area contributed by atoms with Crippen LogP contribution in [0.25, 0.3) is 16.7 Å². The Bertz CT molecular complexity index is 804. The summed E-state index contributed by atoms with van der Waals surface area (Å²) in [5.74, 6) is -0.310. The van der Waals surface area contributed by atoms with Gasteiger partial charge >= 0.3 is 0 Å². The minimum absolute atomic E-state index is 0.155. The highest BCUT2D eigenvalue weighted by Crippen LogP contribution is 2.47. The van der Waals surface area contributed by atoms with Gasteiger partial charge in [-0.2, -0.15) is 0 Å². The van der Waals surface area contributed by atoms with Crippen LogP contribution in [-0.4, -0.2) is 28.6 Å². The molecule has 1 fully saturated rings. The molecule has 4 heteroatoms. The Morgan fingerprint density at radius 1 is 0.739 bits per heavy atom. The van der Waals surface area contributed by atoms with Crippen LogP contribution in [0.15, 0.2) is 54.1 Å². The largest absolute Gasteiger partial charge is 0.274 e. The van der Waals surface area contributed by atoms with Gasteiger partial charge in [0.15, 0.2) is 0 Å². The van der Waals surface area contributed by atoms with E-state index in [4.69, 9.17) is 0 Å². The van der Waals surface area contributed by atoms with Gasteiger partial charge in [0.2, 0.25) is 0 Å². The SMILES string of the molecule is O=C1C(=C2c3ccccc3-c3ccccc32)C(=O)N1CCCBr. The van der Waals surface area contributed by atoms with Crippen molar-refractivity contribution in [3.05, 3.63) is 65.2 Å². The molecule has 2 amide bonds. The van der Waals surface area contributed by atoms with Gasteiger partial charge in [-0.25, -0.2) is 0 Å². The molecule has 2 aromatic carbocycles. The van der Waals surface area contributed by atoms with Crippen molar-refractivity contribution >= 4 is 33.3 Å². The van der Waals surface area contributed by atoms with Crippen LogP contribution in [-0.2, 0) is 9.59 Å².